The minimum atomic E-state index is -1.98. The monoisotopic (exact) mass is 620 g/mol. The van der Waals surface area contributed by atoms with Crippen LogP contribution in [0.2, 0.25) is 0 Å². The van der Waals surface area contributed by atoms with Gasteiger partial charge in [-0.05, 0) is 68.7 Å². The number of carbonyl (C=O) groups excluding carboxylic acids is 3. The molecule has 0 bridgehead atoms. The molecule has 0 saturated heterocycles. The first-order chi connectivity index (χ1) is 21.3. The van der Waals surface area contributed by atoms with Crippen LogP contribution in [0.4, 0.5) is 4.39 Å². The molecule has 0 amide bonds. The van der Waals surface area contributed by atoms with Crippen molar-refractivity contribution in [1.82, 2.24) is 9.78 Å². The standard InChI is InChI=1S/C36H45FN2O6/c1-7-31(42)44-20-30(41)36(45-32(43)8-2)22(4)15-27-26-14-11-24-16-28-23(19-38-39(28)25-12-9-21(3)10-13-25)17-33(24,5)35(26,37)29(40)18-34(27,36)6/h9-10,12-13,16,19,22,26-27,29,40H,7-8,11,14-15,17-18,20H2,1-6H3/t22-,26-,27-,29-,33-,34-,35-,36+/m0/s1. The van der Waals surface area contributed by atoms with E-state index in [1.165, 1.54) is 0 Å². The molecule has 8 atom stereocenters. The molecule has 45 heavy (non-hydrogen) atoms. The van der Waals surface area contributed by atoms with E-state index in [2.05, 4.69) is 11.2 Å². The fraction of sp³-hybridized carbons (Fsp3) is 0.611. The summed E-state index contributed by atoms with van der Waals surface area (Å²) < 4.78 is 31.5. The number of hydrogen-bond donors (Lipinski definition) is 1. The van der Waals surface area contributed by atoms with Gasteiger partial charge in [0.2, 0.25) is 5.78 Å². The lowest BCUT2D eigenvalue weighted by molar-refractivity contribution is -0.234. The van der Waals surface area contributed by atoms with E-state index in [0.29, 0.717) is 25.7 Å². The van der Waals surface area contributed by atoms with Crippen molar-refractivity contribution in [2.24, 2.45) is 28.6 Å². The second-order valence-corrected chi connectivity index (χ2v) is 14.3. The number of fused-ring (bicyclic) bond motifs is 6. The van der Waals surface area contributed by atoms with Gasteiger partial charge in [-0.1, -0.05) is 57.9 Å². The summed E-state index contributed by atoms with van der Waals surface area (Å²) in [7, 11) is 0. The van der Waals surface area contributed by atoms with E-state index in [0.717, 1.165) is 28.1 Å². The topological polar surface area (TPSA) is 108 Å². The van der Waals surface area contributed by atoms with Gasteiger partial charge >= 0.3 is 11.9 Å². The molecule has 0 radical (unpaired) electrons. The molecule has 3 fully saturated rings. The van der Waals surface area contributed by atoms with Crippen LogP contribution in [-0.2, 0) is 30.3 Å². The molecule has 1 aromatic heterocycles. The molecule has 4 aliphatic rings. The third-order valence-corrected chi connectivity index (χ3v) is 12.0. The van der Waals surface area contributed by atoms with Crippen molar-refractivity contribution in [2.45, 2.75) is 104 Å². The maximum atomic E-state index is 18.2. The number of Topliss-reactive ketones (excluding diaryl/α,β-unsaturated/α-hetero) is 1. The van der Waals surface area contributed by atoms with Crippen LogP contribution < -0.4 is 0 Å². The summed E-state index contributed by atoms with van der Waals surface area (Å²) in [5, 5.41) is 16.7. The Kier molecular flexibility index (Phi) is 7.66. The van der Waals surface area contributed by atoms with Crippen LogP contribution in [0.3, 0.4) is 0 Å². The number of esters is 2. The number of ketones is 1. The van der Waals surface area contributed by atoms with Crippen LogP contribution in [0.5, 0.6) is 0 Å². The molecule has 0 unspecified atom stereocenters. The molecule has 9 heteroatoms. The lowest BCUT2D eigenvalue weighted by Gasteiger charge is -2.63. The molecule has 3 saturated carbocycles. The van der Waals surface area contributed by atoms with Gasteiger partial charge in [0.05, 0.1) is 23.7 Å². The highest BCUT2D eigenvalue weighted by atomic mass is 19.1. The average molecular weight is 621 g/mol. The van der Waals surface area contributed by atoms with Gasteiger partial charge in [-0.15, -0.1) is 0 Å². The van der Waals surface area contributed by atoms with Gasteiger partial charge in [0, 0.05) is 35.5 Å². The van der Waals surface area contributed by atoms with Crippen LogP contribution in [-0.4, -0.2) is 56.6 Å². The molecule has 2 aromatic rings. The second-order valence-electron chi connectivity index (χ2n) is 14.3. The lowest BCUT2D eigenvalue weighted by atomic mass is 9.43. The smallest absolute Gasteiger partial charge is 0.306 e. The molecule has 0 spiro atoms. The minimum Gasteiger partial charge on any atom is -0.457 e. The van der Waals surface area contributed by atoms with Gasteiger partial charge in [0.1, 0.15) is 5.67 Å². The summed E-state index contributed by atoms with van der Waals surface area (Å²) in [6.45, 7) is 10.5. The van der Waals surface area contributed by atoms with Crippen molar-refractivity contribution in [1.29, 1.82) is 0 Å². The van der Waals surface area contributed by atoms with E-state index in [-0.39, 0.29) is 25.2 Å². The summed E-state index contributed by atoms with van der Waals surface area (Å²) in [6.07, 6.45) is 4.55. The van der Waals surface area contributed by atoms with Gasteiger partial charge < -0.3 is 14.6 Å². The summed E-state index contributed by atoms with van der Waals surface area (Å²) in [6, 6.07) is 8.13. The number of halogens is 1. The lowest BCUT2D eigenvalue weighted by Crippen LogP contribution is -2.70. The third-order valence-electron chi connectivity index (χ3n) is 12.0. The normalized spacial score (nSPS) is 36.6. The van der Waals surface area contributed by atoms with Gasteiger partial charge in [0.15, 0.2) is 12.2 Å². The predicted octanol–water partition coefficient (Wildman–Crippen LogP) is 5.89. The minimum absolute atomic E-state index is 0.0567. The fourth-order valence-electron chi connectivity index (χ4n) is 9.74. The van der Waals surface area contributed by atoms with Gasteiger partial charge in [-0.2, -0.15) is 5.10 Å². The number of alkyl halides is 1. The SMILES string of the molecule is CCC(=O)OCC(=O)[C@]1(OC(=O)CC)[C@@H](C)C[C@H]2[C@@H]3CCC4=Cc5c(cnn5-c5ccc(C)cc5)C[C@]4(C)[C@@]3(F)[C@@H](O)C[C@@]21C. The Hall–Kier alpha value is -3.33. The van der Waals surface area contributed by atoms with Crippen LogP contribution in [0.1, 0.15) is 90.0 Å². The zero-order chi connectivity index (χ0) is 32.5. The zero-order valence-corrected chi connectivity index (χ0v) is 27.2. The number of ether oxygens (including phenoxy) is 2. The molecule has 6 rings (SSSR count). The fourth-order valence-corrected chi connectivity index (χ4v) is 9.74. The summed E-state index contributed by atoms with van der Waals surface area (Å²) >= 11 is 0. The first-order valence-electron chi connectivity index (χ1n) is 16.4. The molecular formula is C36H45FN2O6. The first-order valence-corrected chi connectivity index (χ1v) is 16.4. The van der Waals surface area contributed by atoms with Crippen molar-refractivity contribution in [3.05, 3.63) is 52.9 Å². The molecule has 4 aliphatic carbocycles. The highest BCUT2D eigenvalue weighted by Crippen LogP contribution is 2.72. The number of aliphatic hydroxyl groups is 1. The highest BCUT2D eigenvalue weighted by Gasteiger charge is 2.77. The van der Waals surface area contributed by atoms with Crippen LogP contribution in [0.25, 0.3) is 11.8 Å². The summed E-state index contributed by atoms with van der Waals surface area (Å²) in [4.78, 5) is 39.0. The van der Waals surface area contributed by atoms with Crippen molar-refractivity contribution in [3.63, 3.8) is 0 Å². The number of rotatable bonds is 7. The van der Waals surface area contributed by atoms with E-state index in [1.807, 2.05) is 62.8 Å². The molecule has 8 nitrogen and oxygen atoms in total. The van der Waals surface area contributed by atoms with Gasteiger partial charge in [0.25, 0.3) is 0 Å². The number of nitrogens with zero attached hydrogens (tertiary/aromatic N) is 2. The van der Waals surface area contributed by atoms with Crippen LogP contribution in [0.15, 0.2) is 36.0 Å². The number of aryl methyl sites for hydroxylation is 1. The van der Waals surface area contributed by atoms with Crippen molar-refractivity contribution < 1.29 is 33.4 Å². The summed E-state index contributed by atoms with van der Waals surface area (Å²) in [5.74, 6) is -2.95. The Labute approximate surface area is 264 Å². The number of allylic oxidation sites excluding steroid dienone is 1. The first kappa shape index (κ1) is 31.6. The number of hydrogen-bond acceptors (Lipinski definition) is 7. The number of carbonyl (C=O) groups is 3. The molecule has 0 aliphatic heterocycles. The Bertz CT molecular complexity index is 1570. The van der Waals surface area contributed by atoms with E-state index in [9.17, 15) is 19.5 Å². The van der Waals surface area contributed by atoms with E-state index in [1.54, 1.807) is 13.8 Å². The summed E-state index contributed by atoms with van der Waals surface area (Å²) in [5.41, 5.74) is -0.746. The quantitative estimate of drug-likeness (QED) is 0.385. The Balaban J connectivity index is 1.39. The maximum Gasteiger partial charge on any atom is 0.306 e. The van der Waals surface area contributed by atoms with Crippen LogP contribution in [0, 0.1) is 35.5 Å². The predicted molar refractivity (Wildman–Crippen MR) is 166 cm³/mol. The Morgan fingerprint density at radius 3 is 2.44 bits per heavy atom. The van der Waals surface area contributed by atoms with Crippen molar-refractivity contribution in [3.8, 4) is 5.69 Å². The highest BCUT2D eigenvalue weighted by molar-refractivity contribution is 5.93. The second kappa shape index (κ2) is 10.9. The zero-order valence-electron chi connectivity index (χ0n) is 27.2. The molecular weight excluding hydrogens is 575 g/mol. The van der Waals surface area contributed by atoms with Gasteiger partial charge in [-0.3, -0.25) is 14.4 Å². The third kappa shape index (κ3) is 4.32. The number of aromatic nitrogens is 2. The average Bonchev–Trinajstić information content (AvgIpc) is 3.51. The Morgan fingerprint density at radius 2 is 1.78 bits per heavy atom. The largest absolute Gasteiger partial charge is 0.457 e. The maximum absolute atomic E-state index is 18.2. The van der Waals surface area contributed by atoms with E-state index < -0.39 is 64.4 Å². The van der Waals surface area contributed by atoms with Crippen molar-refractivity contribution in [2.75, 3.05) is 6.61 Å². The number of aliphatic hydroxyl groups excluding tert-OH is 1. The van der Waals surface area contributed by atoms with E-state index in [4.69, 9.17) is 9.47 Å². The molecule has 242 valence electrons. The van der Waals surface area contributed by atoms with Gasteiger partial charge in [-0.25, -0.2) is 9.07 Å². The molecule has 1 N–H and O–H groups in total. The molecule has 1 aromatic carbocycles. The molecule has 1 heterocycles. The van der Waals surface area contributed by atoms with E-state index >= 15 is 4.39 Å². The number of benzene rings is 1. The Morgan fingerprint density at radius 1 is 1.09 bits per heavy atom. The van der Waals surface area contributed by atoms with Crippen molar-refractivity contribution >= 4 is 23.8 Å². The van der Waals surface area contributed by atoms with Crippen LogP contribution >= 0.6 is 0 Å².